The molecule has 1 heterocycles. The van der Waals surface area contributed by atoms with Crippen LogP contribution < -0.4 is 11.1 Å². The summed E-state index contributed by atoms with van der Waals surface area (Å²) in [5.74, 6) is 0.431. The predicted octanol–water partition coefficient (Wildman–Crippen LogP) is 0.0366. The molecule has 1 unspecified atom stereocenters. The average Bonchev–Trinajstić information content (AvgIpc) is 2.46. The van der Waals surface area contributed by atoms with Gasteiger partial charge in [-0.1, -0.05) is 6.58 Å². The van der Waals surface area contributed by atoms with Crippen molar-refractivity contribution in [2.45, 2.75) is 20.0 Å². The van der Waals surface area contributed by atoms with Crippen molar-refractivity contribution in [2.75, 3.05) is 6.73 Å². The Morgan fingerprint density at radius 2 is 2.39 bits per heavy atom. The van der Waals surface area contributed by atoms with Crippen LogP contribution in [0.25, 0.3) is 0 Å². The van der Waals surface area contributed by atoms with Gasteiger partial charge in [0.25, 0.3) is 0 Å². The molecular formula is C9H17N4O4P. The van der Waals surface area contributed by atoms with Crippen LogP contribution in [0.3, 0.4) is 0 Å². The van der Waals surface area contributed by atoms with Crippen LogP contribution in [-0.4, -0.2) is 33.4 Å². The first kappa shape index (κ1) is 14.7. The van der Waals surface area contributed by atoms with Crippen molar-refractivity contribution < 1.29 is 18.9 Å². The summed E-state index contributed by atoms with van der Waals surface area (Å²) in [6.07, 6.45) is 1.21. The highest BCUT2D eigenvalue weighted by Crippen LogP contribution is 2.36. The summed E-state index contributed by atoms with van der Waals surface area (Å²) in [6, 6.07) is 0. The Hall–Kier alpha value is -1.34. The van der Waals surface area contributed by atoms with Gasteiger partial charge in [-0.15, -0.1) is 0 Å². The van der Waals surface area contributed by atoms with Crippen LogP contribution in [0, 0.1) is 0 Å². The van der Waals surface area contributed by atoms with Gasteiger partial charge in [0.05, 0.1) is 11.9 Å². The minimum Gasteiger partial charge on any atom is -0.401 e. The van der Waals surface area contributed by atoms with E-state index in [2.05, 4.69) is 21.4 Å². The molecule has 0 bridgehead atoms. The van der Waals surface area contributed by atoms with Gasteiger partial charge in [-0.3, -0.25) is 4.52 Å². The third kappa shape index (κ3) is 4.15. The maximum Gasteiger partial charge on any atom is 0.471 e. The van der Waals surface area contributed by atoms with E-state index in [1.165, 1.54) is 11.1 Å². The lowest BCUT2D eigenvalue weighted by atomic mass is 10.4. The second-order valence-corrected chi connectivity index (χ2v) is 5.08. The van der Waals surface area contributed by atoms with E-state index in [1.807, 2.05) is 0 Å². The van der Waals surface area contributed by atoms with E-state index in [9.17, 15) is 4.57 Å². The average molecular weight is 276 g/mol. The number of phosphoric acid groups is 1. The van der Waals surface area contributed by atoms with E-state index in [-0.39, 0.29) is 12.9 Å². The Kier molecular flexibility index (Phi) is 4.53. The first-order chi connectivity index (χ1) is 8.20. The summed E-state index contributed by atoms with van der Waals surface area (Å²) < 4.78 is 15.1. The maximum absolute atomic E-state index is 10.7. The molecule has 0 saturated carbocycles. The molecule has 0 amide bonds. The molecular weight excluding hydrogens is 259 g/mol. The van der Waals surface area contributed by atoms with Gasteiger partial charge in [-0.25, -0.2) is 9.56 Å². The third-order valence-electron chi connectivity index (χ3n) is 2.15. The molecule has 0 aliphatic carbocycles. The summed E-state index contributed by atoms with van der Waals surface area (Å²) >= 11 is 0. The SMILES string of the molecule is C=C1NC(C)N(COP(=O)(O)O)C1=N/C=C(\C)N. The predicted molar refractivity (Wildman–Crippen MR) is 67.0 cm³/mol. The molecule has 8 nitrogen and oxygen atoms in total. The molecule has 1 aliphatic heterocycles. The molecule has 9 heteroatoms. The van der Waals surface area contributed by atoms with Crippen molar-refractivity contribution in [1.82, 2.24) is 10.2 Å². The molecule has 1 saturated heterocycles. The number of aliphatic imine (C=N–C) groups is 1. The van der Waals surface area contributed by atoms with E-state index in [1.54, 1.807) is 13.8 Å². The lowest BCUT2D eigenvalue weighted by molar-refractivity contribution is 0.119. The van der Waals surface area contributed by atoms with Gasteiger partial charge >= 0.3 is 7.82 Å². The van der Waals surface area contributed by atoms with Crippen molar-refractivity contribution in [3.63, 3.8) is 0 Å². The molecule has 0 spiro atoms. The standard InChI is InChI=1S/C9H17N4O4P/c1-6(10)4-11-9-7(2)12-8(3)13(9)5-17-18(14,15)16/h4,8,12H,2,5,10H2,1,3H3,(H2,14,15,16)/b6-4+,11-9?. The Labute approximate surface area is 105 Å². The van der Waals surface area contributed by atoms with Gasteiger partial charge in [0.1, 0.15) is 6.73 Å². The number of nitrogens with zero attached hydrogens (tertiary/aromatic N) is 2. The van der Waals surface area contributed by atoms with Crippen molar-refractivity contribution >= 4 is 13.7 Å². The highest BCUT2D eigenvalue weighted by molar-refractivity contribution is 7.46. The number of nitrogens with two attached hydrogens (primary N) is 1. The van der Waals surface area contributed by atoms with E-state index >= 15 is 0 Å². The number of amidine groups is 1. The molecule has 0 aromatic carbocycles. The number of hydrogen-bond donors (Lipinski definition) is 4. The van der Waals surface area contributed by atoms with E-state index in [4.69, 9.17) is 15.5 Å². The fraction of sp³-hybridized carbons (Fsp3) is 0.444. The Balaban J connectivity index is 2.85. The van der Waals surface area contributed by atoms with E-state index in [0.717, 1.165) is 0 Å². The van der Waals surface area contributed by atoms with Gasteiger partial charge in [-0.2, -0.15) is 0 Å². The van der Waals surface area contributed by atoms with Crippen molar-refractivity contribution in [3.8, 4) is 0 Å². The highest BCUT2D eigenvalue weighted by atomic mass is 31.2. The topological polar surface area (TPSA) is 120 Å². The molecule has 0 aromatic rings. The number of phosphoric ester groups is 1. The first-order valence-electron chi connectivity index (χ1n) is 5.13. The van der Waals surface area contributed by atoms with Crippen LogP contribution >= 0.6 is 7.82 Å². The summed E-state index contributed by atoms with van der Waals surface area (Å²) in [5.41, 5.74) is 6.51. The second kappa shape index (κ2) is 5.53. The van der Waals surface area contributed by atoms with Crippen LogP contribution in [0.4, 0.5) is 0 Å². The highest BCUT2D eigenvalue weighted by Gasteiger charge is 2.30. The van der Waals surface area contributed by atoms with Gasteiger partial charge in [0.2, 0.25) is 0 Å². The Morgan fingerprint density at radius 1 is 1.78 bits per heavy atom. The van der Waals surface area contributed by atoms with Gasteiger partial charge in [-0.05, 0) is 13.8 Å². The zero-order chi connectivity index (χ0) is 13.9. The lowest BCUT2D eigenvalue weighted by Crippen LogP contribution is -2.36. The molecule has 1 fully saturated rings. The molecule has 18 heavy (non-hydrogen) atoms. The zero-order valence-corrected chi connectivity index (χ0v) is 11.1. The molecule has 1 atom stereocenters. The molecule has 5 N–H and O–H groups in total. The van der Waals surface area contributed by atoms with Crippen LogP contribution in [0.5, 0.6) is 0 Å². The Bertz CT molecular complexity index is 438. The lowest BCUT2D eigenvalue weighted by Gasteiger charge is -2.22. The maximum atomic E-state index is 10.7. The zero-order valence-electron chi connectivity index (χ0n) is 10.2. The molecule has 102 valence electrons. The van der Waals surface area contributed by atoms with Gasteiger partial charge < -0.3 is 25.7 Å². The minimum atomic E-state index is -4.52. The number of allylic oxidation sites excluding steroid dienone is 1. The summed E-state index contributed by atoms with van der Waals surface area (Å²) in [4.78, 5) is 23.0. The summed E-state index contributed by atoms with van der Waals surface area (Å²) in [5, 5.41) is 2.97. The van der Waals surface area contributed by atoms with Crippen LogP contribution in [-0.2, 0) is 9.09 Å². The van der Waals surface area contributed by atoms with Crippen LogP contribution in [0.15, 0.2) is 29.2 Å². The van der Waals surface area contributed by atoms with Crippen molar-refractivity contribution in [2.24, 2.45) is 10.7 Å². The summed E-state index contributed by atoms with van der Waals surface area (Å²) in [7, 11) is -4.52. The Morgan fingerprint density at radius 3 is 2.89 bits per heavy atom. The number of rotatable bonds is 4. The first-order valence-corrected chi connectivity index (χ1v) is 6.66. The van der Waals surface area contributed by atoms with Gasteiger partial charge in [0, 0.05) is 11.9 Å². The largest absolute Gasteiger partial charge is 0.471 e. The third-order valence-corrected chi connectivity index (χ3v) is 2.60. The minimum absolute atomic E-state index is 0.228. The van der Waals surface area contributed by atoms with Crippen molar-refractivity contribution in [3.05, 3.63) is 24.2 Å². The molecule has 0 aromatic heterocycles. The smallest absolute Gasteiger partial charge is 0.401 e. The molecule has 1 rings (SSSR count). The van der Waals surface area contributed by atoms with Crippen LogP contribution in [0.1, 0.15) is 13.8 Å². The number of hydrogen-bond acceptors (Lipinski definition) is 5. The van der Waals surface area contributed by atoms with Crippen LogP contribution in [0.2, 0.25) is 0 Å². The quantitative estimate of drug-likeness (QED) is 0.535. The summed E-state index contributed by atoms with van der Waals surface area (Å²) in [6.45, 7) is 6.92. The van der Waals surface area contributed by atoms with Crippen molar-refractivity contribution in [1.29, 1.82) is 0 Å². The monoisotopic (exact) mass is 276 g/mol. The second-order valence-electron chi connectivity index (χ2n) is 3.84. The fourth-order valence-electron chi connectivity index (χ4n) is 1.38. The molecule has 0 radical (unpaired) electrons. The van der Waals surface area contributed by atoms with E-state index < -0.39 is 7.82 Å². The van der Waals surface area contributed by atoms with E-state index in [0.29, 0.717) is 17.2 Å². The fourth-order valence-corrected chi connectivity index (χ4v) is 1.65. The molecule has 1 aliphatic rings. The van der Waals surface area contributed by atoms with Gasteiger partial charge in [0.15, 0.2) is 5.84 Å². The normalized spacial score (nSPS) is 23.7. The number of nitrogens with one attached hydrogen (secondary N) is 1.